The van der Waals surface area contributed by atoms with Crippen molar-refractivity contribution in [3.05, 3.63) is 59.2 Å². The monoisotopic (exact) mass is 371 g/mol. The van der Waals surface area contributed by atoms with Crippen LogP contribution in [0, 0.1) is 5.92 Å². The molecular formula is C19H18ClN3OS. The van der Waals surface area contributed by atoms with Crippen molar-refractivity contribution in [1.29, 1.82) is 0 Å². The normalized spacial score (nSPS) is 20.9. The molecule has 0 unspecified atom stereocenters. The quantitative estimate of drug-likeness (QED) is 0.749. The van der Waals surface area contributed by atoms with Crippen molar-refractivity contribution < 1.29 is 4.79 Å². The number of fused-ring (bicyclic) bond motifs is 1. The van der Waals surface area contributed by atoms with Crippen LogP contribution < -0.4 is 5.32 Å². The summed E-state index contributed by atoms with van der Waals surface area (Å²) in [6, 6.07) is 13.7. The van der Waals surface area contributed by atoms with Gasteiger partial charge in [0.05, 0.1) is 10.6 Å². The number of rotatable bonds is 3. The molecule has 3 aromatic rings. The Hall–Kier alpha value is -1.95. The molecule has 1 aromatic heterocycles. The van der Waals surface area contributed by atoms with Crippen LogP contribution in [-0.2, 0) is 4.79 Å². The molecule has 1 saturated heterocycles. The predicted molar refractivity (Wildman–Crippen MR) is 103 cm³/mol. The lowest BCUT2D eigenvalue weighted by atomic mass is 9.88. The Morgan fingerprint density at radius 1 is 1.24 bits per heavy atom. The molecule has 25 heavy (non-hydrogen) atoms. The lowest BCUT2D eigenvalue weighted by Gasteiger charge is -2.18. The van der Waals surface area contributed by atoms with E-state index in [0.717, 1.165) is 34.4 Å². The Balaban J connectivity index is 1.55. The zero-order valence-corrected chi connectivity index (χ0v) is 15.3. The summed E-state index contributed by atoms with van der Waals surface area (Å²) >= 11 is 7.44. The van der Waals surface area contributed by atoms with Gasteiger partial charge in [0.1, 0.15) is 0 Å². The van der Waals surface area contributed by atoms with Crippen molar-refractivity contribution in [3.63, 3.8) is 0 Å². The number of aromatic nitrogens is 1. The maximum atomic E-state index is 12.9. The highest BCUT2D eigenvalue weighted by Crippen LogP contribution is 2.33. The molecule has 6 heteroatoms. The van der Waals surface area contributed by atoms with Crippen LogP contribution in [0.3, 0.4) is 0 Å². The van der Waals surface area contributed by atoms with Crippen LogP contribution >= 0.6 is 23.1 Å². The average molecular weight is 372 g/mol. The molecular weight excluding hydrogens is 354 g/mol. The molecule has 1 N–H and O–H groups in total. The molecule has 2 heterocycles. The standard InChI is InChI=1S/C19H18ClN3OS/c1-23-10-16(12-2-5-14(20)6-3-12)17(11-23)19(24)22-15-7-4-13-9-21-25-18(13)8-15/h2-9,16-17H,10-11H2,1H3,(H,22,24)/t16-,17+/m0/s1. The van der Waals surface area contributed by atoms with Crippen LogP contribution in [0.4, 0.5) is 5.69 Å². The summed E-state index contributed by atoms with van der Waals surface area (Å²) in [4.78, 5) is 15.1. The summed E-state index contributed by atoms with van der Waals surface area (Å²) in [7, 11) is 2.06. The van der Waals surface area contributed by atoms with E-state index in [9.17, 15) is 4.79 Å². The third kappa shape index (κ3) is 3.40. The molecule has 1 aliphatic rings. The summed E-state index contributed by atoms with van der Waals surface area (Å²) in [6.07, 6.45) is 1.84. The van der Waals surface area contributed by atoms with E-state index in [1.807, 2.05) is 48.7 Å². The van der Waals surface area contributed by atoms with E-state index in [0.29, 0.717) is 5.02 Å². The highest BCUT2D eigenvalue weighted by molar-refractivity contribution is 7.13. The van der Waals surface area contributed by atoms with Gasteiger partial charge in [-0.1, -0.05) is 23.7 Å². The minimum absolute atomic E-state index is 0.0631. The third-order valence-electron chi connectivity index (χ3n) is 4.76. The second-order valence-corrected chi connectivity index (χ2v) is 7.82. The second-order valence-electron chi connectivity index (χ2n) is 6.55. The number of halogens is 1. The number of benzene rings is 2. The second kappa shape index (κ2) is 6.75. The van der Waals surface area contributed by atoms with E-state index in [4.69, 9.17) is 11.6 Å². The number of likely N-dealkylation sites (N-methyl/N-ethyl adjacent to an activating group) is 1. The SMILES string of the molecule is CN1C[C@@H](C(=O)Nc2ccc3cnsc3c2)[C@H](c2ccc(Cl)cc2)C1. The van der Waals surface area contributed by atoms with Gasteiger partial charge in [0.25, 0.3) is 0 Å². The number of hydrogen-bond acceptors (Lipinski definition) is 4. The van der Waals surface area contributed by atoms with Crippen LogP contribution in [0.25, 0.3) is 10.1 Å². The van der Waals surface area contributed by atoms with Crippen LogP contribution in [0.2, 0.25) is 5.02 Å². The fourth-order valence-electron chi connectivity index (χ4n) is 3.49. The summed E-state index contributed by atoms with van der Waals surface area (Å²) in [5.41, 5.74) is 1.98. The molecule has 0 aliphatic carbocycles. The molecule has 0 saturated carbocycles. The van der Waals surface area contributed by atoms with Crippen molar-refractivity contribution in [2.75, 3.05) is 25.5 Å². The van der Waals surface area contributed by atoms with Crippen molar-refractivity contribution in [3.8, 4) is 0 Å². The number of carbonyl (C=O) groups excluding carboxylic acids is 1. The van der Waals surface area contributed by atoms with E-state index in [-0.39, 0.29) is 17.7 Å². The number of likely N-dealkylation sites (tertiary alicyclic amines) is 1. The van der Waals surface area contributed by atoms with Gasteiger partial charge >= 0.3 is 0 Å². The van der Waals surface area contributed by atoms with Crippen molar-refractivity contribution >= 4 is 44.8 Å². The minimum Gasteiger partial charge on any atom is -0.326 e. The molecule has 128 valence electrons. The molecule has 4 rings (SSSR count). The van der Waals surface area contributed by atoms with Gasteiger partial charge < -0.3 is 10.2 Å². The third-order valence-corrected chi connectivity index (χ3v) is 5.77. The number of anilines is 1. The fraction of sp³-hybridized carbons (Fsp3) is 0.263. The molecule has 4 nitrogen and oxygen atoms in total. The number of carbonyl (C=O) groups is 1. The topological polar surface area (TPSA) is 45.2 Å². The van der Waals surface area contributed by atoms with Gasteiger partial charge in [-0.15, -0.1) is 0 Å². The molecule has 0 bridgehead atoms. The average Bonchev–Trinajstić information content (AvgIpc) is 3.21. The first kappa shape index (κ1) is 16.5. The lowest BCUT2D eigenvalue weighted by molar-refractivity contribution is -0.119. The van der Waals surface area contributed by atoms with Gasteiger partial charge in [-0.2, -0.15) is 4.37 Å². The molecule has 2 aromatic carbocycles. The molecule has 0 radical (unpaired) electrons. The molecule has 1 fully saturated rings. The van der Waals surface area contributed by atoms with Crippen LogP contribution in [-0.4, -0.2) is 35.3 Å². The molecule has 1 aliphatic heterocycles. The molecule has 1 amide bonds. The van der Waals surface area contributed by atoms with Crippen LogP contribution in [0.1, 0.15) is 11.5 Å². The summed E-state index contributed by atoms with van der Waals surface area (Å²) < 4.78 is 5.26. The molecule has 2 atom stereocenters. The summed E-state index contributed by atoms with van der Waals surface area (Å²) in [5, 5.41) is 4.90. The zero-order chi connectivity index (χ0) is 17.4. The van der Waals surface area contributed by atoms with Gasteiger partial charge in [-0.05, 0) is 54.5 Å². The maximum absolute atomic E-state index is 12.9. The fourth-order valence-corrected chi connectivity index (χ4v) is 4.30. The number of amides is 1. The molecule has 0 spiro atoms. The number of nitrogens with zero attached hydrogens (tertiary/aromatic N) is 2. The zero-order valence-electron chi connectivity index (χ0n) is 13.8. The Kier molecular flexibility index (Phi) is 4.46. The van der Waals surface area contributed by atoms with Gasteiger partial charge in [-0.3, -0.25) is 4.79 Å². The first-order chi connectivity index (χ1) is 12.1. The predicted octanol–water partition coefficient (Wildman–Crippen LogP) is 4.23. The van der Waals surface area contributed by atoms with E-state index in [2.05, 4.69) is 21.6 Å². The summed E-state index contributed by atoms with van der Waals surface area (Å²) in [5.74, 6) is 0.158. The smallest absolute Gasteiger partial charge is 0.229 e. The van der Waals surface area contributed by atoms with E-state index >= 15 is 0 Å². The highest BCUT2D eigenvalue weighted by Gasteiger charge is 2.37. The van der Waals surface area contributed by atoms with E-state index in [1.54, 1.807) is 0 Å². The van der Waals surface area contributed by atoms with Crippen molar-refractivity contribution in [2.24, 2.45) is 5.92 Å². The van der Waals surface area contributed by atoms with Crippen molar-refractivity contribution in [1.82, 2.24) is 9.27 Å². The first-order valence-electron chi connectivity index (χ1n) is 8.19. The lowest BCUT2D eigenvalue weighted by Crippen LogP contribution is -2.28. The van der Waals surface area contributed by atoms with Gasteiger partial charge in [-0.25, -0.2) is 0 Å². The summed E-state index contributed by atoms with van der Waals surface area (Å²) in [6.45, 7) is 1.62. The Labute approximate surface area is 155 Å². The van der Waals surface area contributed by atoms with Crippen LogP contribution in [0.5, 0.6) is 0 Å². The number of nitrogens with one attached hydrogen (secondary N) is 1. The van der Waals surface area contributed by atoms with Crippen molar-refractivity contribution in [2.45, 2.75) is 5.92 Å². The van der Waals surface area contributed by atoms with E-state index < -0.39 is 0 Å². The highest BCUT2D eigenvalue weighted by atomic mass is 35.5. The van der Waals surface area contributed by atoms with Gasteiger partial charge in [0, 0.05) is 41.3 Å². The number of hydrogen-bond donors (Lipinski definition) is 1. The maximum Gasteiger partial charge on any atom is 0.229 e. The minimum atomic E-state index is -0.0802. The first-order valence-corrected chi connectivity index (χ1v) is 9.34. The Bertz CT molecular complexity index is 908. The van der Waals surface area contributed by atoms with Gasteiger partial charge in [0.2, 0.25) is 5.91 Å². The van der Waals surface area contributed by atoms with E-state index in [1.165, 1.54) is 11.5 Å². The Morgan fingerprint density at radius 3 is 2.84 bits per heavy atom. The Morgan fingerprint density at radius 2 is 2.04 bits per heavy atom. The largest absolute Gasteiger partial charge is 0.326 e. The van der Waals surface area contributed by atoms with Gasteiger partial charge in [0.15, 0.2) is 0 Å². The van der Waals surface area contributed by atoms with Crippen LogP contribution in [0.15, 0.2) is 48.7 Å².